The summed E-state index contributed by atoms with van der Waals surface area (Å²) in [5.41, 5.74) is 3.55. The Hall–Kier alpha value is -4.12. The minimum Gasteiger partial charge on any atom is -0.508 e. The quantitative estimate of drug-likeness (QED) is 0.343. The maximum atomic E-state index is 13.0. The molecule has 0 spiro atoms. The molecule has 0 aliphatic heterocycles. The van der Waals surface area contributed by atoms with Gasteiger partial charge in [0.2, 0.25) is 5.91 Å². The third kappa shape index (κ3) is 5.28. The van der Waals surface area contributed by atoms with E-state index >= 15 is 0 Å². The van der Waals surface area contributed by atoms with Gasteiger partial charge in [-0.1, -0.05) is 60.7 Å². The normalized spacial score (nSPS) is 10.6. The predicted octanol–water partition coefficient (Wildman–Crippen LogP) is 5.69. The first-order chi connectivity index (χ1) is 15.2. The lowest BCUT2D eigenvalue weighted by Crippen LogP contribution is -2.17. The van der Waals surface area contributed by atoms with Crippen LogP contribution in [0.4, 0.5) is 17.2 Å². The van der Waals surface area contributed by atoms with Gasteiger partial charge in [-0.05, 0) is 47.5 Å². The number of pyridine rings is 1. The number of aromatic nitrogens is 1. The smallest absolute Gasteiger partial charge is 0.225 e. The highest BCUT2D eigenvalue weighted by Crippen LogP contribution is 2.29. The third-order valence-corrected chi connectivity index (χ3v) is 5.01. The van der Waals surface area contributed by atoms with Gasteiger partial charge in [0.25, 0.3) is 0 Å². The number of anilines is 3. The average Bonchev–Trinajstić information content (AvgIpc) is 2.81. The van der Waals surface area contributed by atoms with E-state index in [4.69, 9.17) is 0 Å². The van der Waals surface area contributed by atoms with Crippen molar-refractivity contribution in [2.45, 2.75) is 12.3 Å². The van der Waals surface area contributed by atoms with Crippen molar-refractivity contribution in [1.29, 1.82) is 0 Å². The second-order valence-electron chi connectivity index (χ2n) is 7.20. The lowest BCUT2D eigenvalue weighted by molar-refractivity contribution is -0.116. The van der Waals surface area contributed by atoms with Crippen molar-refractivity contribution in [3.05, 3.63) is 114 Å². The van der Waals surface area contributed by atoms with Gasteiger partial charge in [0.1, 0.15) is 5.75 Å². The topological polar surface area (TPSA) is 74.2 Å². The molecule has 5 heteroatoms. The molecule has 0 radical (unpaired) electrons. The minimum absolute atomic E-state index is 0.0485. The number of amides is 1. The number of phenols is 1. The van der Waals surface area contributed by atoms with Crippen LogP contribution in [0.2, 0.25) is 0 Å². The number of hydrogen-bond donors (Lipinski definition) is 3. The summed E-state index contributed by atoms with van der Waals surface area (Å²) in [6, 6.07) is 30.4. The van der Waals surface area contributed by atoms with Gasteiger partial charge in [0, 0.05) is 24.2 Å². The zero-order valence-corrected chi connectivity index (χ0v) is 16.9. The molecule has 0 bridgehead atoms. The Balaban J connectivity index is 1.53. The summed E-state index contributed by atoms with van der Waals surface area (Å²) in [6.07, 6.45) is 1.97. The van der Waals surface area contributed by atoms with Crippen LogP contribution in [0.15, 0.2) is 103 Å². The molecule has 0 atom stereocenters. The molecule has 0 saturated heterocycles. The van der Waals surface area contributed by atoms with Gasteiger partial charge in [0.15, 0.2) is 5.82 Å². The summed E-state index contributed by atoms with van der Waals surface area (Å²) in [6.45, 7) is 0. The van der Waals surface area contributed by atoms with Crippen molar-refractivity contribution in [3.63, 3.8) is 0 Å². The second kappa shape index (κ2) is 9.59. The monoisotopic (exact) mass is 409 g/mol. The highest BCUT2D eigenvalue weighted by Gasteiger charge is 2.19. The molecule has 4 aromatic rings. The van der Waals surface area contributed by atoms with Crippen molar-refractivity contribution < 1.29 is 9.90 Å². The summed E-state index contributed by atoms with van der Waals surface area (Å²) in [5, 5.41) is 15.7. The van der Waals surface area contributed by atoms with Crippen LogP contribution in [0.1, 0.15) is 23.5 Å². The molecule has 154 valence electrons. The number of hydrogen-bond acceptors (Lipinski definition) is 4. The lowest BCUT2D eigenvalue weighted by Gasteiger charge is -2.18. The van der Waals surface area contributed by atoms with E-state index < -0.39 is 0 Å². The molecule has 0 aliphatic rings. The fourth-order valence-electron chi connectivity index (χ4n) is 3.47. The highest BCUT2D eigenvalue weighted by molar-refractivity contribution is 5.94. The third-order valence-electron chi connectivity index (χ3n) is 5.01. The second-order valence-corrected chi connectivity index (χ2v) is 7.20. The molecule has 3 N–H and O–H groups in total. The summed E-state index contributed by atoms with van der Waals surface area (Å²) >= 11 is 0. The first kappa shape index (κ1) is 20.2. The van der Waals surface area contributed by atoms with Crippen molar-refractivity contribution in [2.75, 3.05) is 10.6 Å². The van der Waals surface area contributed by atoms with Crippen molar-refractivity contribution in [3.8, 4) is 5.75 Å². The Morgan fingerprint density at radius 1 is 0.806 bits per heavy atom. The van der Waals surface area contributed by atoms with Crippen molar-refractivity contribution in [2.24, 2.45) is 0 Å². The Morgan fingerprint density at radius 2 is 1.42 bits per heavy atom. The first-order valence-corrected chi connectivity index (χ1v) is 10.1. The SMILES string of the molecule is O=C(CC(c1ccccc1)c1ccccc1)Nc1cccnc1Nc1ccc(O)cc1. The highest BCUT2D eigenvalue weighted by atomic mass is 16.3. The van der Waals surface area contributed by atoms with Gasteiger partial charge in [-0.2, -0.15) is 0 Å². The molecule has 0 fully saturated rings. The Labute approximate surface area is 181 Å². The van der Waals surface area contributed by atoms with E-state index in [-0.39, 0.29) is 17.6 Å². The summed E-state index contributed by atoms with van der Waals surface area (Å²) < 4.78 is 0. The first-order valence-electron chi connectivity index (χ1n) is 10.1. The van der Waals surface area contributed by atoms with Gasteiger partial charge in [-0.25, -0.2) is 4.98 Å². The fourth-order valence-corrected chi connectivity index (χ4v) is 3.47. The van der Waals surface area contributed by atoms with E-state index in [2.05, 4.69) is 15.6 Å². The molecular weight excluding hydrogens is 386 g/mol. The molecular formula is C26H23N3O2. The van der Waals surface area contributed by atoms with Gasteiger partial charge in [-0.3, -0.25) is 4.79 Å². The van der Waals surface area contributed by atoms with Gasteiger partial charge < -0.3 is 15.7 Å². The number of nitrogens with one attached hydrogen (secondary N) is 2. The molecule has 0 aliphatic carbocycles. The van der Waals surface area contributed by atoms with Gasteiger partial charge in [0.05, 0.1) is 5.69 Å². The molecule has 0 unspecified atom stereocenters. The summed E-state index contributed by atoms with van der Waals surface area (Å²) in [5.74, 6) is 0.581. The molecule has 3 aromatic carbocycles. The predicted molar refractivity (Wildman–Crippen MR) is 124 cm³/mol. The van der Waals surface area contributed by atoms with Crippen LogP contribution in [0, 0.1) is 0 Å². The zero-order valence-electron chi connectivity index (χ0n) is 16.9. The Bertz CT molecular complexity index is 1090. The number of aromatic hydroxyl groups is 1. The van der Waals surface area contributed by atoms with E-state index in [1.54, 1.807) is 36.5 Å². The molecule has 31 heavy (non-hydrogen) atoms. The minimum atomic E-state index is -0.0977. The van der Waals surface area contributed by atoms with E-state index in [9.17, 15) is 9.90 Å². The number of rotatable bonds is 7. The Morgan fingerprint density at radius 3 is 2.03 bits per heavy atom. The van der Waals surface area contributed by atoms with Crippen LogP contribution in [0.25, 0.3) is 0 Å². The number of phenolic OH excluding ortho intramolecular Hbond substituents is 1. The van der Waals surface area contributed by atoms with Gasteiger partial charge in [-0.15, -0.1) is 0 Å². The number of carbonyl (C=O) groups is 1. The molecule has 1 heterocycles. The fraction of sp³-hybridized carbons (Fsp3) is 0.0769. The van der Waals surface area contributed by atoms with Crippen LogP contribution in [0.5, 0.6) is 5.75 Å². The Kier molecular flexibility index (Phi) is 6.24. The molecule has 1 aromatic heterocycles. The molecule has 0 saturated carbocycles. The molecule has 1 amide bonds. The zero-order chi connectivity index (χ0) is 21.5. The van der Waals surface area contributed by atoms with Crippen LogP contribution in [-0.2, 0) is 4.79 Å². The van der Waals surface area contributed by atoms with Crippen molar-refractivity contribution >= 4 is 23.1 Å². The lowest BCUT2D eigenvalue weighted by atomic mass is 9.88. The van der Waals surface area contributed by atoms with Crippen molar-refractivity contribution in [1.82, 2.24) is 4.98 Å². The van der Waals surface area contributed by atoms with E-state index in [1.807, 2.05) is 66.7 Å². The van der Waals surface area contributed by atoms with Crippen LogP contribution >= 0.6 is 0 Å². The van der Waals surface area contributed by atoms with E-state index in [0.29, 0.717) is 17.9 Å². The van der Waals surface area contributed by atoms with Crippen LogP contribution in [0.3, 0.4) is 0 Å². The molecule has 5 nitrogen and oxygen atoms in total. The van der Waals surface area contributed by atoms with E-state index in [0.717, 1.165) is 16.8 Å². The summed E-state index contributed by atoms with van der Waals surface area (Å²) in [7, 11) is 0. The molecule has 4 rings (SSSR count). The van der Waals surface area contributed by atoms with Gasteiger partial charge >= 0.3 is 0 Å². The van der Waals surface area contributed by atoms with E-state index in [1.165, 1.54) is 0 Å². The number of nitrogens with zero attached hydrogens (tertiary/aromatic N) is 1. The number of carbonyl (C=O) groups excluding carboxylic acids is 1. The standard InChI is InChI=1S/C26H23N3O2/c30-22-15-13-21(14-16-22)28-26-24(12-7-17-27-26)29-25(31)18-23(19-8-3-1-4-9-19)20-10-5-2-6-11-20/h1-17,23,30H,18H2,(H,27,28)(H,29,31). The van der Waals surface area contributed by atoms with Crippen LogP contribution < -0.4 is 10.6 Å². The largest absolute Gasteiger partial charge is 0.508 e. The maximum Gasteiger partial charge on any atom is 0.225 e. The van der Waals surface area contributed by atoms with Crippen LogP contribution in [-0.4, -0.2) is 16.0 Å². The number of benzene rings is 3. The summed E-state index contributed by atoms with van der Waals surface area (Å²) in [4.78, 5) is 17.4. The maximum absolute atomic E-state index is 13.0. The average molecular weight is 409 g/mol.